The zero-order valence-electron chi connectivity index (χ0n) is 16.7. The zero-order valence-corrected chi connectivity index (χ0v) is 17.5. The van der Waals surface area contributed by atoms with Crippen LogP contribution in [0, 0.1) is 0 Å². The number of hydrogen-bond acceptors (Lipinski definition) is 5. The van der Waals surface area contributed by atoms with Crippen LogP contribution in [0.25, 0.3) is 5.65 Å². The van der Waals surface area contributed by atoms with Crippen LogP contribution in [-0.2, 0) is 23.1 Å². The van der Waals surface area contributed by atoms with Gasteiger partial charge in [-0.05, 0) is 36.8 Å². The number of benzene rings is 1. The van der Waals surface area contributed by atoms with Gasteiger partial charge in [-0.25, -0.2) is 17.7 Å². The van der Waals surface area contributed by atoms with Crippen molar-refractivity contribution in [2.24, 2.45) is 4.99 Å². The fourth-order valence-corrected chi connectivity index (χ4v) is 3.57. The van der Waals surface area contributed by atoms with Crippen LogP contribution in [0.5, 0.6) is 0 Å². The predicted molar refractivity (Wildman–Crippen MR) is 112 cm³/mol. The van der Waals surface area contributed by atoms with Crippen molar-refractivity contribution in [2.45, 2.75) is 24.9 Å². The van der Waals surface area contributed by atoms with Gasteiger partial charge in [-0.15, -0.1) is 10.2 Å². The quantitative estimate of drug-likeness (QED) is 0.444. The Kier molecular flexibility index (Phi) is 6.45. The second kappa shape index (κ2) is 9.01. The van der Waals surface area contributed by atoms with Gasteiger partial charge in [0.05, 0.1) is 18.0 Å². The molecule has 0 fully saturated rings. The van der Waals surface area contributed by atoms with Crippen LogP contribution >= 0.6 is 0 Å². The van der Waals surface area contributed by atoms with Crippen LogP contribution in [0.4, 0.5) is 0 Å². The molecule has 0 radical (unpaired) electrons. The minimum Gasteiger partial charge on any atom is -0.357 e. The molecule has 0 unspecified atom stereocenters. The fourth-order valence-electron chi connectivity index (χ4n) is 2.66. The van der Waals surface area contributed by atoms with Crippen LogP contribution in [0.3, 0.4) is 0 Å². The van der Waals surface area contributed by atoms with E-state index in [9.17, 15) is 8.42 Å². The molecule has 2 N–H and O–H groups in total. The minimum atomic E-state index is -3.43. The Morgan fingerprint density at radius 1 is 1.10 bits per heavy atom. The van der Waals surface area contributed by atoms with Gasteiger partial charge in [-0.1, -0.05) is 18.2 Å². The maximum absolute atomic E-state index is 12.2. The standard InChI is InChI=1S/C19H25N7O2S/c1-4-20-19(22-14-18-24-23-17-7-5-6-12-26(17)18)21-13-15-8-10-16(11-9-15)29(27,28)25(2)3/h5-12H,4,13-14H2,1-3H3,(H2,20,21,22). The first-order valence-corrected chi connectivity index (χ1v) is 10.7. The van der Waals surface area contributed by atoms with Crippen LogP contribution in [0.15, 0.2) is 58.5 Å². The van der Waals surface area contributed by atoms with E-state index in [1.807, 2.05) is 35.7 Å². The summed E-state index contributed by atoms with van der Waals surface area (Å²) in [6, 6.07) is 12.5. The molecule has 0 aliphatic carbocycles. The molecule has 0 aliphatic heterocycles. The molecule has 0 amide bonds. The second-order valence-corrected chi connectivity index (χ2v) is 8.68. The van der Waals surface area contributed by atoms with Gasteiger partial charge in [-0.2, -0.15) is 0 Å². The molecule has 3 aromatic rings. The molecule has 9 nitrogen and oxygen atoms in total. The number of nitrogens with one attached hydrogen (secondary N) is 2. The highest BCUT2D eigenvalue weighted by molar-refractivity contribution is 7.89. The van der Waals surface area contributed by atoms with Crippen LogP contribution in [0.2, 0.25) is 0 Å². The van der Waals surface area contributed by atoms with Gasteiger partial charge in [0.2, 0.25) is 10.0 Å². The number of aromatic nitrogens is 3. The second-order valence-electron chi connectivity index (χ2n) is 6.53. The van der Waals surface area contributed by atoms with Crippen molar-refractivity contribution in [3.8, 4) is 0 Å². The highest BCUT2D eigenvalue weighted by atomic mass is 32.2. The summed E-state index contributed by atoms with van der Waals surface area (Å²) in [6.07, 6.45) is 1.92. The Balaban J connectivity index is 1.67. The molecule has 2 heterocycles. The van der Waals surface area contributed by atoms with Crippen molar-refractivity contribution >= 4 is 21.6 Å². The maximum atomic E-state index is 12.2. The van der Waals surface area contributed by atoms with E-state index < -0.39 is 10.0 Å². The molecule has 0 atom stereocenters. The van der Waals surface area contributed by atoms with E-state index in [2.05, 4.69) is 25.8 Å². The van der Waals surface area contributed by atoms with E-state index in [-0.39, 0.29) is 4.90 Å². The summed E-state index contributed by atoms with van der Waals surface area (Å²) in [5.74, 6) is 1.43. The van der Waals surface area contributed by atoms with Gasteiger partial charge in [0.25, 0.3) is 0 Å². The number of guanidine groups is 1. The molecule has 1 aromatic carbocycles. The molecule has 29 heavy (non-hydrogen) atoms. The minimum absolute atomic E-state index is 0.263. The average Bonchev–Trinajstić information content (AvgIpc) is 3.13. The van der Waals surface area contributed by atoms with Crippen LogP contribution < -0.4 is 10.6 Å². The molecule has 0 aliphatic rings. The molecular formula is C19H25N7O2S. The highest BCUT2D eigenvalue weighted by Crippen LogP contribution is 2.14. The van der Waals surface area contributed by atoms with E-state index in [4.69, 9.17) is 0 Å². The van der Waals surface area contributed by atoms with Gasteiger partial charge in [0.1, 0.15) is 0 Å². The largest absolute Gasteiger partial charge is 0.357 e. The summed E-state index contributed by atoms with van der Waals surface area (Å²) < 4.78 is 27.4. The Morgan fingerprint density at radius 3 is 2.55 bits per heavy atom. The van der Waals surface area contributed by atoms with Gasteiger partial charge in [-0.3, -0.25) is 4.40 Å². The molecule has 0 saturated carbocycles. The first-order chi connectivity index (χ1) is 13.9. The van der Waals surface area contributed by atoms with E-state index in [0.717, 1.165) is 17.0 Å². The Hall–Kier alpha value is -2.98. The number of fused-ring (bicyclic) bond motifs is 1. The lowest BCUT2D eigenvalue weighted by Crippen LogP contribution is -2.37. The van der Waals surface area contributed by atoms with Gasteiger partial charge >= 0.3 is 0 Å². The van der Waals surface area contributed by atoms with E-state index in [1.54, 1.807) is 24.3 Å². The van der Waals surface area contributed by atoms with E-state index in [0.29, 0.717) is 25.6 Å². The summed E-state index contributed by atoms with van der Waals surface area (Å²) in [5, 5.41) is 14.8. The molecule has 154 valence electrons. The summed E-state index contributed by atoms with van der Waals surface area (Å²) in [4.78, 5) is 4.83. The van der Waals surface area contributed by atoms with Crippen molar-refractivity contribution in [1.29, 1.82) is 0 Å². The summed E-state index contributed by atoms with van der Waals surface area (Å²) in [5.41, 5.74) is 1.70. The van der Waals surface area contributed by atoms with Gasteiger partial charge < -0.3 is 10.6 Å². The summed E-state index contributed by atoms with van der Waals surface area (Å²) in [6.45, 7) is 3.59. The third kappa shape index (κ3) is 4.90. The zero-order chi connectivity index (χ0) is 20.9. The highest BCUT2D eigenvalue weighted by Gasteiger charge is 2.16. The molecule has 2 aromatic heterocycles. The first kappa shape index (κ1) is 20.7. The van der Waals surface area contributed by atoms with Crippen molar-refractivity contribution in [3.05, 3.63) is 60.0 Å². The molecular weight excluding hydrogens is 390 g/mol. The van der Waals surface area contributed by atoms with Gasteiger partial charge in [0, 0.05) is 26.8 Å². The smallest absolute Gasteiger partial charge is 0.242 e. The fraction of sp³-hybridized carbons (Fsp3) is 0.316. The maximum Gasteiger partial charge on any atom is 0.242 e. The van der Waals surface area contributed by atoms with E-state index >= 15 is 0 Å². The number of hydrogen-bond donors (Lipinski definition) is 2. The van der Waals surface area contributed by atoms with Gasteiger partial charge in [0.15, 0.2) is 17.4 Å². The van der Waals surface area contributed by atoms with Crippen molar-refractivity contribution in [2.75, 3.05) is 20.6 Å². The third-order valence-electron chi connectivity index (χ3n) is 4.26. The molecule has 3 rings (SSSR count). The number of pyridine rings is 1. The molecule has 0 saturated heterocycles. The lowest BCUT2D eigenvalue weighted by atomic mass is 10.2. The number of rotatable bonds is 7. The average molecular weight is 416 g/mol. The van der Waals surface area contributed by atoms with Crippen LogP contribution in [-0.4, -0.2) is 53.9 Å². The number of nitrogens with zero attached hydrogens (tertiary/aromatic N) is 5. The Bertz CT molecular complexity index is 1090. The van der Waals surface area contributed by atoms with Crippen molar-refractivity contribution in [3.63, 3.8) is 0 Å². The third-order valence-corrected chi connectivity index (χ3v) is 6.09. The first-order valence-electron chi connectivity index (χ1n) is 9.24. The lowest BCUT2D eigenvalue weighted by molar-refractivity contribution is 0.520. The summed E-state index contributed by atoms with van der Waals surface area (Å²) >= 11 is 0. The Labute approximate surface area is 170 Å². The SMILES string of the molecule is CCNC(=NCc1ccc(S(=O)(=O)N(C)C)cc1)NCc1nnc2ccccn12. The lowest BCUT2D eigenvalue weighted by Gasteiger charge is -2.12. The normalized spacial score (nSPS) is 12.5. The predicted octanol–water partition coefficient (Wildman–Crippen LogP) is 1.23. The number of sulfonamides is 1. The van der Waals surface area contributed by atoms with Crippen molar-refractivity contribution in [1.82, 2.24) is 29.5 Å². The topological polar surface area (TPSA) is 104 Å². The van der Waals surface area contributed by atoms with Crippen LogP contribution in [0.1, 0.15) is 18.3 Å². The van der Waals surface area contributed by atoms with Crippen molar-refractivity contribution < 1.29 is 8.42 Å². The monoisotopic (exact) mass is 415 g/mol. The molecule has 0 spiro atoms. The van der Waals surface area contributed by atoms with E-state index in [1.165, 1.54) is 18.4 Å². The molecule has 0 bridgehead atoms. The number of aliphatic imine (C=N–C) groups is 1. The summed E-state index contributed by atoms with van der Waals surface area (Å²) in [7, 11) is -0.399. The molecule has 10 heteroatoms. The Morgan fingerprint density at radius 2 is 1.86 bits per heavy atom.